The van der Waals surface area contributed by atoms with Crippen molar-refractivity contribution in [1.82, 2.24) is 10.2 Å². The summed E-state index contributed by atoms with van der Waals surface area (Å²) in [5.41, 5.74) is 4.05. The van der Waals surface area contributed by atoms with Crippen LogP contribution in [-0.4, -0.2) is 42.7 Å². The Kier molecular flexibility index (Phi) is 4.64. The molecule has 1 saturated heterocycles. The molecule has 1 aromatic rings. The number of hydrogen-bond donors (Lipinski definition) is 1. The molecule has 0 bridgehead atoms. The lowest BCUT2D eigenvalue weighted by Crippen LogP contribution is -2.51. The van der Waals surface area contributed by atoms with Gasteiger partial charge in [-0.25, -0.2) is 0 Å². The number of piperazine rings is 1. The number of hydrogen-bond acceptors (Lipinski definition) is 2. The predicted molar refractivity (Wildman–Crippen MR) is 86.0 cm³/mol. The Labute approximate surface area is 121 Å². The molecule has 3 nitrogen and oxygen atoms in total. The largest absolute Gasteiger partial charge is 0.368 e. The average Bonchev–Trinajstić information content (AvgIpc) is 2.42. The third-order valence-corrected chi connectivity index (χ3v) is 4.00. The van der Waals surface area contributed by atoms with Crippen molar-refractivity contribution < 1.29 is 0 Å². The summed E-state index contributed by atoms with van der Waals surface area (Å²) < 4.78 is 0. The number of aryl methyl sites for hydroxylation is 2. The fraction of sp³-hybridized carbons (Fsp3) is 0.533. The number of anilines is 1. The van der Waals surface area contributed by atoms with Gasteiger partial charge in [-0.3, -0.25) is 0 Å². The number of nitrogens with zero attached hydrogens (tertiary/aromatic N) is 2. The van der Waals surface area contributed by atoms with Gasteiger partial charge in [0.05, 0.1) is 0 Å². The van der Waals surface area contributed by atoms with Crippen molar-refractivity contribution in [3.05, 3.63) is 29.3 Å². The molecule has 1 fully saturated rings. The molecule has 1 N–H and O–H groups in total. The molecular formula is C15H23N3S. The zero-order valence-electron chi connectivity index (χ0n) is 12.1. The predicted octanol–water partition coefficient (Wildman–Crippen LogP) is 2.32. The first kappa shape index (κ1) is 14.1. The zero-order valence-corrected chi connectivity index (χ0v) is 12.9. The van der Waals surface area contributed by atoms with Gasteiger partial charge in [-0.2, -0.15) is 0 Å². The van der Waals surface area contributed by atoms with Crippen LogP contribution in [0.2, 0.25) is 0 Å². The van der Waals surface area contributed by atoms with Crippen LogP contribution in [-0.2, 0) is 0 Å². The Morgan fingerprint density at radius 3 is 2.53 bits per heavy atom. The molecule has 0 amide bonds. The van der Waals surface area contributed by atoms with Gasteiger partial charge in [0, 0.05) is 38.4 Å². The highest BCUT2D eigenvalue weighted by molar-refractivity contribution is 7.80. The van der Waals surface area contributed by atoms with Crippen LogP contribution in [0.4, 0.5) is 5.69 Å². The SMILES string of the molecule is CCNC(=S)N1CCN(c2cc(C)ccc2C)CC1. The molecule has 1 aromatic carbocycles. The quantitative estimate of drug-likeness (QED) is 0.836. The van der Waals surface area contributed by atoms with E-state index in [-0.39, 0.29) is 0 Å². The Morgan fingerprint density at radius 1 is 1.21 bits per heavy atom. The second-order valence-corrected chi connectivity index (χ2v) is 5.49. The maximum Gasteiger partial charge on any atom is 0.169 e. The van der Waals surface area contributed by atoms with Crippen molar-refractivity contribution in [2.45, 2.75) is 20.8 Å². The van der Waals surface area contributed by atoms with Crippen LogP contribution < -0.4 is 10.2 Å². The summed E-state index contributed by atoms with van der Waals surface area (Å²) in [6.45, 7) is 11.4. The van der Waals surface area contributed by atoms with E-state index in [0.29, 0.717) is 0 Å². The van der Waals surface area contributed by atoms with Gasteiger partial charge in [-0.1, -0.05) is 12.1 Å². The van der Waals surface area contributed by atoms with Crippen LogP contribution in [0.3, 0.4) is 0 Å². The molecule has 4 heteroatoms. The molecule has 0 spiro atoms. The van der Waals surface area contributed by atoms with Gasteiger partial charge in [-0.05, 0) is 50.2 Å². The molecular weight excluding hydrogens is 254 g/mol. The highest BCUT2D eigenvalue weighted by atomic mass is 32.1. The molecule has 19 heavy (non-hydrogen) atoms. The Morgan fingerprint density at radius 2 is 1.89 bits per heavy atom. The van der Waals surface area contributed by atoms with E-state index < -0.39 is 0 Å². The third kappa shape index (κ3) is 3.38. The second kappa shape index (κ2) is 6.24. The van der Waals surface area contributed by atoms with Crippen LogP contribution in [0, 0.1) is 13.8 Å². The van der Waals surface area contributed by atoms with Gasteiger partial charge in [0.25, 0.3) is 0 Å². The Balaban J connectivity index is 2.00. The molecule has 1 heterocycles. The molecule has 0 unspecified atom stereocenters. The lowest BCUT2D eigenvalue weighted by molar-refractivity contribution is 0.381. The van der Waals surface area contributed by atoms with Crippen molar-refractivity contribution in [2.24, 2.45) is 0 Å². The summed E-state index contributed by atoms with van der Waals surface area (Å²) in [5, 5.41) is 4.12. The third-order valence-electron chi connectivity index (χ3n) is 3.60. The van der Waals surface area contributed by atoms with Gasteiger partial charge >= 0.3 is 0 Å². The van der Waals surface area contributed by atoms with Crippen LogP contribution in [0.15, 0.2) is 18.2 Å². The normalized spacial score (nSPS) is 15.5. The first-order chi connectivity index (χ1) is 9.11. The molecule has 0 atom stereocenters. The van der Waals surface area contributed by atoms with Gasteiger partial charge in [0.2, 0.25) is 0 Å². The average molecular weight is 277 g/mol. The van der Waals surface area contributed by atoms with Crippen molar-refractivity contribution >= 4 is 23.0 Å². The molecule has 1 aliphatic rings. The molecule has 104 valence electrons. The molecule has 0 saturated carbocycles. The van der Waals surface area contributed by atoms with Gasteiger partial charge in [-0.15, -0.1) is 0 Å². The van der Waals surface area contributed by atoms with Crippen molar-refractivity contribution in [3.8, 4) is 0 Å². The van der Waals surface area contributed by atoms with Gasteiger partial charge in [0.15, 0.2) is 5.11 Å². The fourth-order valence-electron chi connectivity index (χ4n) is 2.47. The highest BCUT2D eigenvalue weighted by Gasteiger charge is 2.19. The number of benzene rings is 1. The second-order valence-electron chi connectivity index (χ2n) is 5.10. The summed E-state index contributed by atoms with van der Waals surface area (Å²) in [5.74, 6) is 0. The summed E-state index contributed by atoms with van der Waals surface area (Å²) in [7, 11) is 0. The number of rotatable bonds is 2. The van der Waals surface area contributed by atoms with Crippen LogP contribution in [0.25, 0.3) is 0 Å². The maximum absolute atomic E-state index is 5.37. The van der Waals surface area contributed by atoms with E-state index in [1.165, 1.54) is 16.8 Å². The van der Waals surface area contributed by atoms with E-state index in [4.69, 9.17) is 12.2 Å². The van der Waals surface area contributed by atoms with Gasteiger partial charge in [0.1, 0.15) is 0 Å². The number of nitrogens with one attached hydrogen (secondary N) is 1. The van der Waals surface area contributed by atoms with E-state index in [1.807, 2.05) is 0 Å². The minimum absolute atomic E-state index is 0.892. The van der Waals surface area contributed by atoms with E-state index in [1.54, 1.807) is 0 Å². The van der Waals surface area contributed by atoms with Crippen molar-refractivity contribution in [1.29, 1.82) is 0 Å². The van der Waals surface area contributed by atoms with Crippen LogP contribution in [0.5, 0.6) is 0 Å². The van der Waals surface area contributed by atoms with E-state index in [2.05, 4.69) is 54.1 Å². The smallest absolute Gasteiger partial charge is 0.169 e. The molecule has 2 rings (SSSR count). The first-order valence-electron chi connectivity index (χ1n) is 6.96. The molecule has 0 aromatic heterocycles. The lowest BCUT2D eigenvalue weighted by Gasteiger charge is -2.38. The molecule has 0 aliphatic carbocycles. The number of thiocarbonyl (C=S) groups is 1. The Hall–Kier alpha value is -1.29. The van der Waals surface area contributed by atoms with E-state index in [9.17, 15) is 0 Å². The fourth-order valence-corrected chi connectivity index (χ4v) is 2.80. The summed E-state index contributed by atoms with van der Waals surface area (Å²) in [6, 6.07) is 6.67. The zero-order chi connectivity index (χ0) is 13.8. The molecule has 1 aliphatic heterocycles. The first-order valence-corrected chi connectivity index (χ1v) is 7.37. The van der Waals surface area contributed by atoms with Crippen molar-refractivity contribution in [3.63, 3.8) is 0 Å². The molecule has 0 radical (unpaired) electrons. The van der Waals surface area contributed by atoms with Crippen LogP contribution >= 0.6 is 12.2 Å². The summed E-state index contributed by atoms with van der Waals surface area (Å²) >= 11 is 5.37. The minimum Gasteiger partial charge on any atom is -0.368 e. The standard InChI is InChI=1S/C15H23N3S/c1-4-16-15(19)18-9-7-17(8-10-18)14-11-12(2)5-6-13(14)3/h5-6,11H,4,7-10H2,1-3H3,(H,16,19). The highest BCUT2D eigenvalue weighted by Crippen LogP contribution is 2.22. The van der Waals surface area contributed by atoms with Crippen molar-refractivity contribution in [2.75, 3.05) is 37.6 Å². The topological polar surface area (TPSA) is 18.5 Å². The minimum atomic E-state index is 0.892. The summed E-state index contributed by atoms with van der Waals surface area (Å²) in [4.78, 5) is 4.73. The Bertz CT molecular complexity index is 451. The van der Waals surface area contributed by atoms with E-state index in [0.717, 1.165) is 37.8 Å². The monoisotopic (exact) mass is 277 g/mol. The van der Waals surface area contributed by atoms with Gasteiger partial charge < -0.3 is 15.1 Å². The van der Waals surface area contributed by atoms with Crippen LogP contribution in [0.1, 0.15) is 18.1 Å². The maximum atomic E-state index is 5.37. The lowest BCUT2D eigenvalue weighted by atomic mass is 10.1. The summed E-state index contributed by atoms with van der Waals surface area (Å²) in [6.07, 6.45) is 0. The van der Waals surface area contributed by atoms with E-state index >= 15 is 0 Å².